The van der Waals surface area contributed by atoms with Crippen molar-refractivity contribution in [1.82, 2.24) is 10.1 Å². The lowest BCUT2D eigenvalue weighted by Crippen LogP contribution is -2.37. The Hall–Kier alpha value is -4.02. The van der Waals surface area contributed by atoms with Gasteiger partial charge in [0.25, 0.3) is 0 Å². The van der Waals surface area contributed by atoms with E-state index in [1.807, 2.05) is 28.0 Å². The number of piperidine rings is 1. The molecule has 1 fully saturated rings. The molecule has 0 spiro atoms. The summed E-state index contributed by atoms with van der Waals surface area (Å²) in [5.41, 5.74) is -0.421. The van der Waals surface area contributed by atoms with E-state index in [0.717, 1.165) is 36.3 Å². The second-order valence-corrected chi connectivity index (χ2v) is 10.8. The van der Waals surface area contributed by atoms with Crippen LogP contribution in [0.25, 0.3) is 0 Å². The Morgan fingerprint density at radius 1 is 1.05 bits per heavy atom. The Morgan fingerprint density at radius 3 is 2.22 bits per heavy atom. The van der Waals surface area contributed by atoms with E-state index in [4.69, 9.17) is 9.26 Å². The van der Waals surface area contributed by atoms with Crippen molar-refractivity contribution in [3.8, 4) is 5.75 Å². The number of rotatable bonds is 10. The number of likely N-dealkylation sites (tertiary alicyclic amines) is 1. The number of hydrogen-bond donors (Lipinski definition) is 1. The van der Waals surface area contributed by atoms with Gasteiger partial charge in [-0.3, -0.25) is 4.79 Å². The minimum absolute atomic E-state index is 0.0506. The number of amides is 1. The molecule has 1 N–H and O–H groups in total. The van der Waals surface area contributed by atoms with Gasteiger partial charge in [-0.05, 0) is 68.5 Å². The molecule has 0 unspecified atom stereocenters. The van der Waals surface area contributed by atoms with Crippen LogP contribution in [0.5, 0.6) is 5.75 Å². The van der Waals surface area contributed by atoms with Crippen LogP contribution in [0.1, 0.15) is 62.0 Å². The number of alkyl halides is 3. The van der Waals surface area contributed by atoms with Crippen LogP contribution in [-0.2, 0) is 28.7 Å². The molecule has 1 saturated heterocycles. The smallest absolute Gasteiger partial charge is 0.416 e. The number of anilines is 1. The van der Waals surface area contributed by atoms with Crippen molar-refractivity contribution in [2.45, 2.75) is 64.3 Å². The van der Waals surface area contributed by atoms with Crippen LogP contribution in [0, 0.1) is 0 Å². The van der Waals surface area contributed by atoms with E-state index in [0.29, 0.717) is 49.7 Å². The molecular weight excluding hydrogens is 539 g/mol. The number of halogens is 3. The Balaban J connectivity index is 1.48. The van der Waals surface area contributed by atoms with Gasteiger partial charge in [-0.15, -0.1) is 0 Å². The molecule has 2 aromatic carbocycles. The number of benzene rings is 2. The van der Waals surface area contributed by atoms with Crippen molar-refractivity contribution in [2.75, 3.05) is 24.5 Å². The van der Waals surface area contributed by atoms with Gasteiger partial charge in [-0.1, -0.05) is 29.4 Å². The lowest BCUT2D eigenvalue weighted by atomic mass is 9.94. The predicted octanol–water partition coefficient (Wildman–Crippen LogP) is 5.91. The highest BCUT2D eigenvalue weighted by atomic mass is 19.4. The number of aromatic nitrogens is 1. The summed E-state index contributed by atoms with van der Waals surface area (Å²) in [6, 6.07) is 14.1. The highest BCUT2D eigenvalue weighted by Crippen LogP contribution is 2.32. The Labute approximate surface area is 236 Å². The predicted molar refractivity (Wildman–Crippen MR) is 146 cm³/mol. The molecule has 41 heavy (non-hydrogen) atoms. The van der Waals surface area contributed by atoms with Crippen molar-refractivity contribution in [1.29, 1.82) is 0 Å². The molecule has 220 valence electrons. The average molecular weight is 574 g/mol. The van der Waals surface area contributed by atoms with E-state index in [9.17, 15) is 27.9 Å². The minimum Gasteiger partial charge on any atom is -0.478 e. The number of carboxylic acid groups (broad SMARTS) is 1. The van der Waals surface area contributed by atoms with Crippen molar-refractivity contribution in [3.63, 3.8) is 0 Å². The van der Waals surface area contributed by atoms with Crippen LogP contribution in [0.15, 0.2) is 59.1 Å². The molecule has 8 nitrogen and oxygen atoms in total. The first kappa shape index (κ1) is 30.0. The number of aliphatic carboxylic acids is 1. The largest absolute Gasteiger partial charge is 0.478 e. The average Bonchev–Trinajstić information content (AvgIpc) is 3.42. The van der Waals surface area contributed by atoms with Crippen molar-refractivity contribution < 1.29 is 37.1 Å². The topological polar surface area (TPSA) is 96.1 Å². The zero-order valence-corrected chi connectivity index (χ0v) is 23.3. The summed E-state index contributed by atoms with van der Waals surface area (Å²) in [5, 5.41) is 13.6. The van der Waals surface area contributed by atoms with Crippen molar-refractivity contribution >= 4 is 17.7 Å². The van der Waals surface area contributed by atoms with E-state index < -0.39 is 23.3 Å². The normalized spacial score (nSPS) is 14.6. The van der Waals surface area contributed by atoms with Gasteiger partial charge in [0.05, 0.1) is 5.56 Å². The lowest BCUT2D eigenvalue weighted by molar-refractivity contribution is -0.152. The molecule has 1 aliphatic heterocycles. The lowest BCUT2D eigenvalue weighted by Gasteiger charge is -2.29. The first-order chi connectivity index (χ1) is 19.3. The van der Waals surface area contributed by atoms with E-state index in [2.05, 4.69) is 5.16 Å². The van der Waals surface area contributed by atoms with E-state index in [1.54, 1.807) is 19.1 Å². The summed E-state index contributed by atoms with van der Waals surface area (Å²) in [7, 11) is 0. The quantitative estimate of drug-likeness (QED) is 0.322. The molecule has 1 aromatic heterocycles. The molecule has 0 aliphatic carbocycles. The number of carbonyl (C=O) groups excluding carboxylic acids is 1. The zero-order valence-electron chi connectivity index (χ0n) is 23.3. The first-order valence-corrected chi connectivity index (χ1v) is 13.5. The number of ether oxygens (including phenoxy) is 1. The monoisotopic (exact) mass is 573 g/mol. The SMILES string of the molecule is CC(=O)N1CCC(c2cc(N(CCc3ccc(OC(C)(C)C(=O)O)cc3)Cc3ccc(C(F)(F)F)cc3)no2)CC1. The highest BCUT2D eigenvalue weighted by Gasteiger charge is 2.31. The summed E-state index contributed by atoms with van der Waals surface area (Å²) in [5.74, 6) is 0.841. The zero-order chi connectivity index (χ0) is 29.8. The van der Waals surface area contributed by atoms with E-state index in [1.165, 1.54) is 26.0 Å². The Bertz CT molecular complexity index is 1330. The van der Waals surface area contributed by atoms with E-state index >= 15 is 0 Å². The van der Waals surface area contributed by atoms with Gasteiger partial charge < -0.3 is 24.2 Å². The highest BCUT2D eigenvalue weighted by molar-refractivity contribution is 5.76. The number of hydrogen-bond acceptors (Lipinski definition) is 6. The summed E-state index contributed by atoms with van der Waals surface area (Å²) in [4.78, 5) is 26.8. The maximum atomic E-state index is 13.1. The molecule has 4 rings (SSSR count). The summed E-state index contributed by atoms with van der Waals surface area (Å²) in [6.07, 6.45) is -2.30. The first-order valence-electron chi connectivity index (χ1n) is 13.5. The summed E-state index contributed by atoms with van der Waals surface area (Å²) in [6.45, 7) is 6.62. The Kier molecular flexibility index (Phi) is 8.94. The van der Waals surface area contributed by atoms with Crippen molar-refractivity contribution in [3.05, 3.63) is 77.0 Å². The molecular formula is C30H34F3N3O5. The summed E-state index contributed by atoms with van der Waals surface area (Å²) < 4.78 is 50.5. The van der Waals surface area contributed by atoms with Crippen LogP contribution in [0.4, 0.5) is 19.0 Å². The third-order valence-electron chi connectivity index (χ3n) is 7.32. The third kappa shape index (κ3) is 7.80. The van der Waals surface area contributed by atoms with Crippen molar-refractivity contribution in [2.24, 2.45) is 0 Å². The van der Waals surface area contributed by atoms with Crippen LogP contribution >= 0.6 is 0 Å². The second-order valence-electron chi connectivity index (χ2n) is 10.8. The fraction of sp³-hybridized carbons (Fsp3) is 0.433. The molecule has 11 heteroatoms. The molecule has 0 bridgehead atoms. The maximum absolute atomic E-state index is 13.1. The van der Waals surface area contributed by atoms with Crippen LogP contribution in [-0.4, -0.2) is 52.3 Å². The fourth-order valence-corrected chi connectivity index (χ4v) is 4.72. The van der Waals surface area contributed by atoms with Gasteiger partial charge in [0.15, 0.2) is 11.4 Å². The van der Waals surface area contributed by atoms with Gasteiger partial charge in [-0.2, -0.15) is 13.2 Å². The molecule has 1 aliphatic rings. The second kappa shape index (κ2) is 12.2. The standard InChI is InChI=1S/C30H34F3N3O5/c1-20(37)35-16-13-23(14-17-35)26-18-27(34-41-26)36(19-22-4-8-24(9-5-22)30(31,32)33)15-12-21-6-10-25(11-7-21)40-29(2,3)28(38)39/h4-11,18,23H,12-17,19H2,1-3H3,(H,38,39). The van der Waals surface area contributed by atoms with Gasteiger partial charge in [0.2, 0.25) is 5.91 Å². The van der Waals surface area contributed by atoms with E-state index in [-0.39, 0.29) is 11.8 Å². The van der Waals surface area contributed by atoms with Gasteiger partial charge in [0.1, 0.15) is 11.5 Å². The van der Waals surface area contributed by atoms with Crippen LogP contribution in [0.2, 0.25) is 0 Å². The van der Waals surface area contributed by atoms with Gasteiger partial charge in [-0.25, -0.2) is 4.79 Å². The minimum atomic E-state index is -4.41. The maximum Gasteiger partial charge on any atom is 0.416 e. The third-order valence-corrected chi connectivity index (χ3v) is 7.32. The van der Waals surface area contributed by atoms with Gasteiger partial charge in [0, 0.05) is 45.1 Å². The van der Waals surface area contributed by atoms with Crippen LogP contribution < -0.4 is 9.64 Å². The van der Waals surface area contributed by atoms with Gasteiger partial charge >= 0.3 is 12.1 Å². The molecule has 0 saturated carbocycles. The molecule has 1 amide bonds. The molecule has 0 radical (unpaired) electrons. The molecule has 3 aromatic rings. The fourth-order valence-electron chi connectivity index (χ4n) is 4.72. The number of nitrogens with zero attached hydrogens (tertiary/aromatic N) is 3. The summed E-state index contributed by atoms with van der Waals surface area (Å²) >= 11 is 0. The Morgan fingerprint density at radius 2 is 1.66 bits per heavy atom. The molecule has 2 heterocycles. The van der Waals surface area contributed by atoms with Crippen LogP contribution in [0.3, 0.4) is 0 Å². The molecule has 0 atom stereocenters. The number of carboxylic acids is 1. The number of carbonyl (C=O) groups is 2.